The maximum absolute atomic E-state index is 16.4. The number of halogens is 2. The molecule has 3 saturated heterocycles. The monoisotopic (exact) mass is 549 g/mol. The summed E-state index contributed by atoms with van der Waals surface area (Å²) < 4.78 is 47.8. The molecule has 1 aromatic carbocycles. The van der Waals surface area contributed by atoms with Gasteiger partial charge in [0.2, 0.25) is 0 Å². The third kappa shape index (κ3) is 4.37. The van der Waals surface area contributed by atoms with Crippen LogP contribution >= 0.6 is 0 Å². The molecule has 0 spiro atoms. The van der Waals surface area contributed by atoms with E-state index in [9.17, 15) is 9.18 Å². The molecule has 0 saturated carbocycles. The van der Waals surface area contributed by atoms with Crippen LogP contribution in [-0.4, -0.2) is 77.6 Å². The Morgan fingerprint density at radius 1 is 1.10 bits per heavy atom. The average Bonchev–Trinajstić information content (AvgIpc) is 3.33. The van der Waals surface area contributed by atoms with E-state index in [1.807, 2.05) is 4.90 Å². The molecule has 4 aromatic rings. The highest BCUT2D eigenvalue weighted by atomic mass is 19.1. The van der Waals surface area contributed by atoms with E-state index < -0.39 is 23.2 Å². The number of hydrogen-bond acceptors (Lipinski definition) is 9. The molecule has 9 nitrogen and oxygen atoms in total. The molecule has 208 valence electrons. The van der Waals surface area contributed by atoms with E-state index in [2.05, 4.69) is 14.9 Å². The topological polar surface area (TPSA) is 93.8 Å². The van der Waals surface area contributed by atoms with Crippen molar-refractivity contribution in [1.82, 2.24) is 19.9 Å². The summed E-state index contributed by atoms with van der Waals surface area (Å²) in [5.41, 5.74) is -0.308. The first-order valence-corrected chi connectivity index (χ1v) is 13.7. The van der Waals surface area contributed by atoms with Crippen molar-refractivity contribution in [2.45, 2.75) is 37.4 Å². The predicted molar refractivity (Wildman–Crippen MR) is 145 cm³/mol. The maximum Gasteiger partial charge on any atom is 0.336 e. The fourth-order valence-corrected chi connectivity index (χ4v) is 6.43. The van der Waals surface area contributed by atoms with Crippen LogP contribution in [-0.2, 0) is 4.74 Å². The van der Waals surface area contributed by atoms with E-state index in [0.29, 0.717) is 67.0 Å². The van der Waals surface area contributed by atoms with Gasteiger partial charge in [0.15, 0.2) is 5.82 Å². The van der Waals surface area contributed by atoms with Crippen molar-refractivity contribution < 1.29 is 22.7 Å². The van der Waals surface area contributed by atoms with Gasteiger partial charge in [-0.3, -0.25) is 9.88 Å². The minimum atomic E-state index is -0.890. The molecule has 2 atom stereocenters. The van der Waals surface area contributed by atoms with E-state index in [0.717, 1.165) is 25.8 Å². The number of pyridine rings is 1. The minimum Gasteiger partial charge on any atom is -0.461 e. The Hall–Kier alpha value is -3.70. The van der Waals surface area contributed by atoms with E-state index >= 15 is 4.39 Å². The molecule has 0 aliphatic carbocycles. The number of anilines is 1. The van der Waals surface area contributed by atoms with Crippen molar-refractivity contribution in [3.8, 4) is 17.3 Å². The van der Waals surface area contributed by atoms with Crippen molar-refractivity contribution >= 4 is 27.7 Å². The number of rotatable bonds is 5. The highest BCUT2D eigenvalue weighted by Gasteiger charge is 2.49. The Kier molecular flexibility index (Phi) is 6.35. The Labute approximate surface area is 228 Å². The quantitative estimate of drug-likeness (QED) is 0.341. The van der Waals surface area contributed by atoms with Crippen molar-refractivity contribution in [3.05, 3.63) is 52.8 Å². The molecule has 7 rings (SSSR count). The number of nitrogens with zero attached hydrogens (tertiary/aromatic N) is 5. The van der Waals surface area contributed by atoms with Gasteiger partial charge in [-0.05, 0) is 31.9 Å². The third-order valence-corrected chi connectivity index (χ3v) is 8.30. The Bertz CT molecular complexity index is 1640. The molecule has 3 aliphatic heterocycles. The number of fused-ring (bicyclic) bond motifs is 3. The smallest absolute Gasteiger partial charge is 0.336 e. The molecule has 0 bridgehead atoms. The second-order valence-corrected chi connectivity index (χ2v) is 10.8. The van der Waals surface area contributed by atoms with Crippen LogP contribution in [0, 0.1) is 5.82 Å². The van der Waals surface area contributed by atoms with Crippen LogP contribution < -0.4 is 15.3 Å². The molecule has 3 fully saturated rings. The van der Waals surface area contributed by atoms with Gasteiger partial charge in [-0.2, -0.15) is 9.97 Å². The number of para-hydroxylation sites is 1. The van der Waals surface area contributed by atoms with Crippen molar-refractivity contribution in [2.24, 2.45) is 0 Å². The molecule has 0 radical (unpaired) electrons. The second kappa shape index (κ2) is 10.0. The lowest BCUT2D eigenvalue weighted by atomic mass is 9.95. The molecule has 0 N–H and O–H groups in total. The third-order valence-electron chi connectivity index (χ3n) is 8.30. The number of ether oxygens (including phenoxy) is 2. The van der Waals surface area contributed by atoms with Gasteiger partial charge in [-0.15, -0.1) is 0 Å². The first-order chi connectivity index (χ1) is 19.5. The summed E-state index contributed by atoms with van der Waals surface area (Å²) >= 11 is 0. The number of benzene rings is 1. The molecular weight excluding hydrogens is 520 g/mol. The van der Waals surface area contributed by atoms with Gasteiger partial charge >= 0.3 is 11.6 Å². The van der Waals surface area contributed by atoms with Crippen LogP contribution in [0.3, 0.4) is 0 Å². The average molecular weight is 550 g/mol. The van der Waals surface area contributed by atoms with E-state index in [-0.39, 0.29) is 23.8 Å². The van der Waals surface area contributed by atoms with E-state index in [4.69, 9.17) is 18.9 Å². The van der Waals surface area contributed by atoms with Gasteiger partial charge in [0.25, 0.3) is 0 Å². The van der Waals surface area contributed by atoms with Crippen molar-refractivity contribution in [2.75, 3.05) is 50.9 Å². The summed E-state index contributed by atoms with van der Waals surface area (Å²) in [5.74, 6) is -0.172. The van der Waals surface area contributed by atoms with Crippen LogP contribution in [0.5, 0.6) is 6.01 Å². The molecule has 0 unspecified atom stereocenters. The van der Waals surface area contributed by atoms with Gasteiger partial charge in [0.05, 0.1) is 17.5 Å². The molecule has 6 heterocycles. The lowest BCUT2D eigenvalue weighted by Crippen LogP contribution is -2.43. The normalized spacial score (nSPS) is 23.6. The van der Waals surface area contributed by atoms with Crippen molar-refractivity contribution in [1.29, 1.82) is 0 Å². The fraction of sp³-hybridized carbons (Fsp3) is 0.448. The largest absolute Gasteiger partial charge is 0.461 e. The molecular formula is C29H29F2N5O4. The number of aromatic nitrogens is 3. The first-order valence-electron chi connectivity index (χ1n) is 13.7. The first kappa shape index (κ1) is 25.3. The summed E-state index contributed by atoms with van der Waals surface area (Å²) in [6.45, 7) is 3.85. The van der Waals surface area contributed by atoms with Crippen LogP contribution in [0.25, 0.3) is 33.1 Å². The molecule has 3 aliphatic rings. The summed E-state index contributed by atoms with van der Waals surface area (Å²) in [5, 5.41) is 0.999. The van der Waals surface area contributed by atoms with Crippen LogP contribution in [0.1, 0.15) is 25.7 Å². The maximum atomic E-state index is 16.4. The van der Waals surface area contributed by atoms with Gasteiger partial charge < -0.3 is 18.8 Å². The highest BCUT2D eigenvalue weighted by Crippen LogP contribution is 2.41. The predicted octanol–water partition coefficient (Wildman–Crippen LogP) is 4.12. The summed E-state index contributed by atoms with van der Waals surface area (Å²) in [4.78, 5) is 30.2. The molecule has 11 heteroatoms. The van der Waals surface area contributed by atoms with Gasteiger partial charge in [0, 0.05) is 55.9 Å². The van der Waals surface area contributed by atoms with Gasteiger partial charge in [0.1, 0.15) is 35.4 Å². The second-order valence-electron chi connectivity index (χ2n) is 10.8. The Balaban J connectivity index is 1.35. The number of hydrogen-bond donors (Lipinski definition) is 0. The zero-order valence-corrected chi connectivity index (χ0v) is 21.9. The zero-order chi connectivity index (χ0) is 27.3. The summed E-state index contributed by atoms with van der Waals surface area (Å²) in [7, 11) is 0. The van der Waals surface area contributed by atoms with E-state index in [1.165, 1.54) is 6.07 Å². The molecule has 40 heavy (non-hydrogen) atoms. The lowest BCUT2D eigenvalue weighted by molar-refractivity contribution is 0.107. The van der Waals surface area contributed by atoms with Crippen molar-refractivity contribution in [3.63, 3.8) is 0 Å². The standard InChI is InChI=1S/C29H29F2N5O4/c30-18-14-29(7-3-9-36(29)16-18)17-39-28-33-26-21(27(34-28)35-8-4-11-38-12-10-35)15-32-25(24(26)31)20-13-23(37)40-22-6-2-1-5-19(20)22/h1-2,5-6,13,15,18H,3-4,7-12,14,16-17H2/t18-,29+/m1/s1. The fourth-order valence-electron chi connectivity index (χ4n) is 6.43. The SMILES string of the molecule is O=c1cc(-c2ncc3c(N4CCCOCC4)nc(OC[C@@]45CCCN4C[C@H](F)C5)nc3c2F)c2ccccc2o1. The van der Waals surface area contributed by atoms with Gasteiger partial charge in [-0.1, -0.05) is 18.2 Å². The number of alkyl halides is 1. The van der Waals surface area contributed by atoms with E-state index in [1.54, 1.807) is 30.5 Å². The summed E-state index contributed by atoms with van der Waals surface area (Å²) in [6, 6.07) is 8.21. The van der Waals surface area contributed by atoms with Crippen LogP contribution in [0.4, 0.5) is 14.6 Å². The zero-order valence-electron chi connectivity index (χ0n) is 21.9. The minimum absolute atomic E-state index is 0.0111. The Morgan fingerprint density at radius 2 is 2.00 bits per heavy atom. The molecule has 3 aromatic heterocycles. The molecule has 0 amide bonds. The Morgan fingerprint density at radius 3 is 2.92 bits per heavy atom. The summed E-state index contributed by atoms with van der Waals surface area (Å²) in [6.07, 6.45) is 3.67. The highest BCUT2D eigenvalue weighted by molar-refractivity contribution is 5.96. The van der Waals surface area contributed by atoms with Gasteiger partial charge in [-0.25, -0.2) is 13.6 Å². The lowest BCUT2D eigenvalue weighted by Gasteiger charge is -2.31. The van der Waals surface area contributed by atoms with Crippen LogP contribution in [0.2, 0.25) is 0 Å². The van der Waals surface area contributed by atoms with Crippen LogP contribution in [0.15, 0.2) is 45.7 Å².